The number of fused-ring (bicyclic) bond motifs is 1. The predicted molar refractivity (Wildman–Crippen MR) is 100 cm³/mol. The van der Waals surface area contributed by atoms with E-state index in [0.29, 0.717) is 36.1 Å². The van der Waals surface area contributed by atoms with Crippen LogP contribution < -0.4 is 0 Å². The number of aromatic nitrogens is 3. The van der Waals surface area contributed by atoms with Crippen molar-refractivity contribution in [1.29, 1.82) is 0 Å². The van der Waals surface area contributed by atoms with E-state index in [0.717, 1.165) is 10.8 Å². The Morgan fingerprint density at radius 2 is 1.81 bits per heavy atom. The third kappa shape index (κ3) is 2.85. The average molecular weight is 356 g/mol. The molecule has 4 aromatic rings. The van der Waals surface area contributed by atoms with Crippen LogP contribution in [-0.2, 0) is 0 Å². The zero-order valence-electron chi connectivity index (χ0n) is 14.4. The number of carbonyl (C=O) groups is 1. The summed E-state index contributed by atoms with van der Waals surface area (Å²) < 4.78 is 5.38. The summed E-state index contributed by atoms with van der Waals surface area (Å²) in [7, 11) is 0. The second-order valence-corrected chi connectivity index (χ2v) is 6.64. The van der Waals surface area contributed by atoms with Crippen LogP contribution in [0.3, 0.4) is 0 Å². The number of hydrogen-bond acceptors (Lipinski definition) is 5. The SMILES string of the molecule is O=C(c1ccc2ccccc2c1)N1CC(c2nc(-c3ccccn3)no2)C1. The fraction of sp³-hybridized carbons (Fsp3) is 0.143. The molecule has 1 saturated heterocycles. The molecule has 2 aromatic heterocycles. The van der Waals surface area contributed by atoms with Gasteiger partial charge >= 0.3 is 0 Å². The Balaban J connectivity index is 1.29. The van der Waals surface area contributed by atoms with Crippen LogP contribution in [-0.4, -0.2) is 39.0 Å². The highest BCUT2D eigenvalue weighted by Gasteiger charge is 2.36. The van der Waals surface area contributed by atoms with Gasteiger partial charge in [0, 0.05) is 24.8 Å². The molecule has 1 aliphatic heterocycles. The van der Waals surface area contributed by atoms with Gasteiger partial charge in [0.05, 0.1) is 5.92 Å². The molecule has 6 nitrogen and oxygen atoms in total. The van der Waals surface area contributed by atoms with E-state index in [4.69, 9.17) is 4.52 Å². The highest BCUT2D eigenvalue weighted by Crippen LogP contribution is 2.29. The van der Waals surface area contributed by atoms with E-state index >= 15 is 0 Å². The third-order valence-corrected chi connectivity index (χ3v) is 4.85. The normalized spacial score (nSPS) is 14.3. The maximum atomic E-state index is 12.7. The highest BCUT2D eigenvalue weighted by atomic mass is 16.5. The molecule has 0 atom stereocenters. The van der Waals surface area contributed by atoms with Crippen molar-refractivity contribution in [2.24, 2.45) is 0 Å². The van der Waals surface area contributed by atoms with Crippen molar-refractivity contribution in [1.82, 2.24) is 20.0 Å². The molecule has 1 aliphatic rings. The van der Waals surface area contributed by atoms with Gasteiger partial charge in [-0.2, -0.15) is 4.98 Å². The Morgan fingerprint density at radius 1 is 1.00 bits per heavy atom. The fourth-order valence-corrected chi connectivity index (χ4v) is 3.31. The largest absolute Gasteiger partial charge is 0.338 e. The van der Waals surface area contributed by atoms with Crippen molar-refractivity contribution in [2.45, 2.75) is 5.92 Å². The number of benzene rings is 2. The molecule has 0 aliphatic carbocycles. The van der Waals surface area contributed by atoms with Crippen LogP contribution in [0, 0.1) is 0 Å². The van der Waals surface area contributed by atoms with Crippen LogP contribution >= 0.6 is 0 Å². The van der Waals surface area contributed by atoms with Crippen molar-refractivity contribution in [2.75, 3.05) is 13.1 Å². The Bertz CT molecular complexity index is 1120. The smallest absolute Gasteiger partial charge is 0.253 e. The van der Waals surface area contributed by atoms with Crippen LogP contribution in [0.25, 0.3) is 22.3 Å². The van der Waals surface area contributed by atoms with Crippen molar-refractivity contribution >= 4 is 16.7 Å². The number of rotatable bonds is 3. The summed E-state index contributed by atoms with van der Waals surface area (Å²) in [6.07, 6.45) is 1.69. The van der Waals surface area contributed by atoms with Crippen LogP contribution in [0.1, 0.15) is 22.2 Å². The minimum Gasteiger partial charge on any atom is -0.338 e. The summed E-state index contributed by atoms with van der Waals surface area (Å²) in [6.45, 7) is 1.16. The molecule has 2 aromatic carbocycles. The molecule has 0 radical (unpaired) electrons. The molecule has 0 saturated carbocycles. The van der Waals surface area contributed by atoms with Gasteiger partial charge in [-0.15, -0.1) is 0 Å². The van der Waals surface area contributed by atoms with Crippen LogP contribution in [0.15, 0.2) is 71.4 Å². The lowest BCUT2D eigenvalue weighted by Gasteiger charge is -2.37. The van der Waals surface area contributed by atoms with E-state index in [1.807, 2.05) is 60.7 Å². The molecule has 0 N–H and O–H groups in total. The number of carbonyl (C=O) groups excluding carboxylic acids is 1. The first-order chi connectivity index (χ1) is 13.3. The number of hydrogen-bond donors (Lipinski definition) is 0. The molecule has 1 fully saturated rings. The van der Waals surface area contributed by atoms with E-state index in [9.17, 15) is 4.79 Å². The Hall–Kier alpha value is -3.54. The first-order valence-corrected chi connectivity index (χ1v) is 8.81. The maximum Gasteiger partial charge on any atom is 0.253 e. The Labute approximate surface area is 155 Å². The lowest BCUT2D eigenvalue weighted by atomic mass is 9.98. The summed E-state index contributed by atoms with van der Waals surface area (Å²) in [6, 6.07) is 19.4. The summed E-state index contributed by atoms with van der Waals surface area (Å²) in [5, 5.41) is 6.19. The molecule has 3 heterocycles. The molecule has 0 unspecified atom stereocenters. The van der Waals surface area contributed by atoms with Gasteiger partial charge in [0.15, 0.2) is 0 Å². The van der Waals surface area contributed by atoms with Crippen LogP contribution in [0.5, 0.6) is 0 Å². The zero-order chi connectivity index (χ0) is 18.2. The van der Waals surface area contributed by atoms with Gasteiger partial charge in [-0.3, -0.25) is 9.78 Å². The molecule has 0 spiro atoms. The summed E-state index contributed by atoms with van der Waals surface area (Å²) >= 11 is 0. The molecular formula is C21H16N4O2. The second-order valence-electron chi connectivity index (χ2n) is 6.64. The Morgan fingerprint density at radius 3 is 2.63 bits per heavy atom. The maximum absolute atomic E-state index is 12.7. The van der Waals surface area contributed by atoms with Gasteiger partial charge in [-0.1, -0.05) is 41.6 Å². The summed E-state index contributed by atoms with van der Waals surface area (Å²) in [4.78, 5) is 23.2. The molecule has 27 heavy (non-hydrogen) atoms. The minimum absolute atomic E-state index is 0.0291. The lowest BCUT2D eigenvalue weighted by molar-refractivity contribution is 0.0569. The van der Waals surface area contributed by atoms with E-state index in [1.165, 1.54) is 0 Å². The van der Waals surface area contributed by atoms with Gasteiger partial charge in [0.25, 0.3) is 5.91 Å². The summed E-state index contributed by atoms with van der Waals surface area (Å²) in [5.41, 5.74) is 1.38. The zero-order valence-corrected chi connectivity index (χ0v) is 14.4. The Kier molecular flexibility index (Phi) is 3.67. The highest BCUT2D eigenvalue weighted by molar-refractivity contribution is 5.99. The molecule has 132 valence electrons. The number of likely N-dealkylation sites (tertiary alicyclic amines) is 1. The number of pyridine rings is 1. The fourth-order valence-electron chi connectivity index (χ4n) is 3.31. The van der Waals surface area contributed by atoms with E-state index in [2.05, 4.69) is 15.1 Å². The van der Waals surface area contributed by atoms with Crippen molar-refractivity contribution in [3.05, 3.63) is 78.3 Å². The van der Waals surface area contributed by atoms with Gasteiger partial charge in [0.2, 0.25) is 11.7 Å². The second kappa shape index (κ2) is 6.32. The van der Waals surface area contributed by atoms with E-state index < -0.39 is 0 Å². The van der Waals surface area contributed by atoms with Crippen LogP contribution in [0.2, 0.25) is 0 Å². The summed E-state index contributed by atoms with van der Waals surface area (Å²) in [5.74, 6) is 1.13. The van der Waals surface area contributed by atoms with Gasteiger partial charge in [0.1, 0.15) is 5.69 Å². The molecule has 6 heteroatoms. The topological polar surface area (TPSA) is 72.1 Å². The van der Waals surface area contributed by atoms with Gasteiger partial charge in [-0.25, -0.2) is 0 Å². The number of nitrogens with zero attached hydrogens (tertiary/aromatic N) is 4. The standard InChI is InChI=1S/C21H16N4O2/c26-21(16-9-8-14-5-1-2-6-15(14)11-16)25-12-17(13-25)20-23-19(24-27-20)18-7-3-4-10-22-18/h1-11,17H,12-13H2. The average Bonchev–Trinajstić information content (AvgIpc) is 3.17. The van der Waals surface area contributed by atoms with Crippen molar-refractivity contribution in [3.63, 3.8) is 0 Å². The monoisotopic (exact) mass is 356 g/mol. The predicted octanol–water partition coefficient (Wildman–Crippen LogP) is 3.52. The van der Waals surface area contributed by atoms with Crippen LogP contribution in [0.4, 0.5) is 0 Å². The quantitative estimate of drug-likeness (QED) is 0.561. The van der Waals surface area contributed by atoms with Gasteiger partial charge in [-0.05, 0) is 35.0 Å². The van der Waals surface area contributed by atoms with Gasteiger partial charge < -0.3 is 9.42 Å². The lowest BCUT2D eigenvalue weighted by Crippen LogP contribution is -2.48. The minimum atomic E-state index is 0.0291. The first-order valence-electron chi connectivity index (χ1n) is 8.81. The third-order valence-electron chi connectivity index (χ3n) is 4.85. The van der Waals surface area contributed by atoms with Crippen molar-refractivity contribution in [3.8, 4) is 11.5 Å². The van der Waals surface area contributed by atoms with Crippen molar-refractivity contribution < 1.29 is 9.32 Å². The molecular weight excluding hydrogens is 340 g/mol. The van der Waals surface area contributed by atoms with E-state index in [-0.39, 0.29) is 11.8 Å². The molecule has 0 bridgehead atoms. The first kappa shape index (κ1) is 15.7. The number of amides is 1. The molecule has 1 amide bonds. The van der Waals surface area contributed by atoms with E-state index in [1.54, 1.807) is 11.1 Å². The molecule has 5 rings (SSSR count).